The normalized spacial score (nSPS) is 15.3. The number of carbonyl (C=O) groups is 1. The van der Waals surface area contributed by atoms with Crippen LogP contribution in [0.2, 0.25) is 0 Å². The van der Waals surface area contributed by atoms with E-state index in [9.17, 15) is 4.79 Å². The molecule has 1 aromatic rings. The second-order valence-corrected chi connectivity index (χ2v) is 6.56. The fraction of sp³-hybridized carbons (Fsp3) is 0.588. The molecule has 1 heterocycles. The number of fused-ring (bicyclic) bond motifs is 1. The molecule has 0 unspecified atom stereocenters. The molecule has 5 nitrogen and oxygen atoms in total. The molecule has 0 bridgehead atoms. The Hall–Kier alpha value is -1.59. The van der Waals surface area contributed by atoms with E-state index < -0.39 is 0 Å². The first kappa shape index (κ1) is 16.8. The number of hydrogen-bond acceptors (Lipinski definition) is 3. The molecule has 2 amide bonds. The Balaban J connectivity index is 1.92. The van der Waals surface area contributed by atoms with Crippen molar-refractivity contribution >= 4 is 6.03 Å². The van der Waals surface area contributed by atoms with E-state index in [-0.39, 0.29) is 18.2 Å². The van der Waals surface area contributed by atoms with Gasteiger partial charge < -0.3 is 15.3 Å². The first-order chi connectivity index (χ1) is 10.4. The van der Waals surface area contributed by atoms with Crippen LogP contribution in [0.25, 0.3) is 0 Å². The van der Waals surface area contributed by atoms with Gasteiger partial charge in [-0.25, -0.2) is 4.79 Å². The van der Waals surface area contributed by atoms with Crippen LogP contribution < -0.4 is 5.32 Å². The molecule has 5 heteroatoms. The molecule has 22 heavy (non-hydrogen) atoms. The third-order valence-electron chi connectivity index (χ3n) is 4.44. The summed E-state index contributed by atoms with van der Waals surface area (Å²) in [7, 11) is 1.69. The third kappa shape index (κ3) is 3.99. The summed E-state index contributed by atoms with van der Waals surface area (Å²) in [4.78, 5) is 15.9. The number of likely N-dealkylation sites (N-methyl/N-ethyl adjacent to an activating group) is 1. The molecule has 1 aliphatic rings. The number of benzene rings is 1. The van der Waals surface area contributed by atoms with Gasteiger partial charge in [0.15, 0.2) is 0 Å². The molecular weight excluding hydrogens is 278 g/mol. The minimum Gasteiger partial charge on any atom is -0.395 e. The lowest BCUT2D eigenvalue weighted by atomic mass is 9.94. The number of amides is 2. The van der Waals surface area contributed by atoms with E-state index in [4.69, 9.17) is 5.11 Å². The molecule has 0 fully saturated rings. The number of carbonyl (C=O) groups excluding carboxylic acids is 1. The van der Waals surface area contributed by atoms with Crippen molar-refractivity contribution in [3.8, 4) is 0 Å². The van der Waals surface area contributed by atoms with Crippen molar-refractivity contribution < 1.29 is 9.90 Å². The number of hydrogen-bond donors (Lipinski definition) is 2. The van der Waals surface area contributed by atoms with Crippen molar-refractivity contribution in [3.63, 3.8) is 0 Å². The minimum atomic E-state index is -0.139. The monoisotopic (exact) mass is 305 g/mol. The zero-order chi connectivity index (χ0) is 16.2. The van der Waals surface area contributed by atoms with Gasteiger partial charge in [-0.05, 0) is 31.4 Å². The maximum atomic E-state index is 11.9. The Morgan fingerprint density at radius 2 is 2.05 bits per heavy atom. The molecule has 0 saturated heterocycles. The molecule has 0 aromatic heterocycles. The predicted molar refractivity (Wildman–Crippen MR) is 87.7 cm³/mol. The molecule has 0 saturated carbocycles. The van der Waals surface area contributed by atoms with Crippen LogP contribution in [0.1, 0.15) is 25.0 Å². The number of aliphatic hydroxyl groups is 1. The highest BCUT2D eigenvalue weighted by atomic mass is 16.3. The van der Waals surface area contributed by atoms with Gasteiger partial charge in [0.2, 0.25) is 0 Å². The molecule has 0 atom stereocenters. The van der Waals surface area contributed by atoms with E-state index in [0.717, 1.165) is 19.5 Å². The van der Waals surface area contributed by atoms with E-state index in [1.54, 1.807) is 7.05 Å². The second kappa shape index (κ2) is 7.11. The SMILES string of the molecule is CN(CCO)C(=O)NCC(C)(C)N1CCc2ccccc2C1. The second-order valence-electron chi connectivity index (χ2n) is 6.56. The summed E-state index contributed by atoms with van der Waals surface area (Å²) in [5, 5.41) is 11.8. The molecule has 0 aliphatic carbocycles. The first-order valence-corrected chi connectivity index (χ1v) is 7.86. The van der Waals surface area contributed by atoms with Crippen molar-refractivity contribution in [2.75, 3.05) is 33.3 Å². The number of rotatable bonds is 5. The van der Waals surface area contributed by atoms with Crippen molar-refractivity contribution in [2.45, 2.75) is 32.4 Å². The van der Waals surface area contributed by atoms with Gasteiger partial charge in [0.1, 0.15) is 0 Å². The topological polar surface area (TPSA) is 55.8 Å². The highest BCUT2D eigenvalue weighted by Gasteiger charge is 2.30. The highest BCUT2D eigenvalue weighted by molar-refractivity contribution is 5.73. The Bertz CT molecular complexity index is 516. The number of aliphatic hydroxyl groups excluding tert-OH is 1. The average Bonchev–Trinajstić information content (AvgIpc) is 2.52. The van der Waals surface area contributed by atoms with Crippen LogP contribution in [0.4, 0.5) is 4.79 Å². The van der Waals surface area contributed by atoms with Crippen molar-refractivity contribution in [1.82, 2.24) is 15.1 Å². The lowest BCUT2D eigenvalue weighted by Crippen LogP contribution is -2.54. The zero-order valence-electron chi connectivity index (χ0n) is 13.8. The van der Waals surface area contributed by atoms with Crippen LogP contribution >= 0.6 is 0 Å². The molecular formula is C17H27N3O2. The van der Waals surface area contributed by atoms with Gasteiger partial charge in [0.05, 0.1) is 6.61 Å². The molecule has 0 radical (unpaired) electrons. The third-order valence-corrected chi connectivity index (χ3v) is 4.44. The lowest BCUT2D eigenvalue weighted by molar-refractivity contribution is 0.102. The highest BCUT2D eigenvalue weighted by Crippen LogP contribution is 2.24. The largest absolute Gasteiger partial charge is 0.395 e. The quantitative estimate of drug-likeness (QED) is 0.866. The maximum absolute atomic E-state index is 11.9. The number of urea groups is 1. The summed E-state index contributed by atoms with van der Waals surface area (Å²) in [6.07, 6.45) is 1.05. The molecule has 0 spiro atoms. The Morgan fingerprint density at radius 1 is 1.36 bits per heavy atom. The smallest absolute Gasteiger partial charge is 0.317 e. The Kier molecular flexibility index (Phi) is 5.42. The summed E-state index contributed by atoms with van der Waals surface area (Å²) in [5.41, 5.74) is 2.70. The maximum Gasteiger partial charge on any atom is 0.317 e. The van der Waals surface area contributed by atoms with Crippen LogP contribution in [0.15, 0.2) is 24.3 Å². The lowest BCUT2D eigenvalue weighted by Gasteiger charge is -2.41. The van der Waals surface area contributed by atoms with Crippen molar-refractivity contribution in [3.05, 3.63) is 35.4 Å². The molecule has 122 valence electrons. The fourth-order valence-corrected chi connectivity index (χ4v) is 2.80. The van der Waals surface area contributed by atoms with Gasteiger partial charge in [-0.3, -0.25) is 4.90 Å². The summed E-state index contributed by atoms with van der Waals surface area (Å²) in [6.45, 7) is 7.17. The van der Waals surface area contributed by atoms with Crippen molar-refractivity contribution in [2.24, 2.45) is 0 Å². The molecule has 2 N–H and O–H groups in total. The molecule has 2 rings (SSSR count). The fourth-order valence-electron chi connectivity index (χ4n) is 2.80. The van der Waals surface area contributed by atoms with Crippen LogP contribution in [-0.2, 0) is 13.0 Å². The minimum absolute atomic E-state index is 0.0176. The van der Waals surface area contributed by atoms with E-state index in [0.29, 0.717) is 13.1 Å². The van der Waals surface area contributed by atoms with Gasteiger partial charge in [-0.15, -0.1) is 0 Å². The standard InChI is InChI=1S/C17H27N3O2/c1-17(2,13-18-16(22)19(3)10-11-21)20-9-8-14-6-4-5-7-15(14)12-20/h4-7,21H,8-13H2,1-3H3,(H,18,22). The van der Waals surface area contributed by atoms with Crippen LogP contribution in [0.3, 0.4) is 0 Å². The zero-order valence-corrected chi connectivity index (χ0v) is 13.8. The van der Waals surface area contributed by atoms with E-state index in [2.05, 4.69) is 48.3 Å². The van der Waals surface area contributed by atoms with E-state index in [1.807, 2.05) is 0 Å². The van der Waals surface area contributed by atoms with Gasteiger partial charge in [-0.1, -0.05) is 24.3 Å². The van der Waals surface area contributed by atoms with Crippen molar-refractivity contribution in [1.29, 1.82) is 0 Å². The van der Waals surface area contributed by atoms with E-state index >= 15 is 0 Å². The van der Waals surface area contributed by atoms with Gasteiger partial charge in [0.25, 0.3) is 0 Å². The first-order valence-electron chi connectivity index (χ1n) is 7.86. The molecule has 1 aliphatic heterocycles. The average molecular weight is 305 g/mol. The van der Waals surface area contributed by atoms with Gasteiger partial charge in [0, 0.05) is 38.8 Å². The summed E-state index contributed by atoms with van der Waals surface area (Å²) in [6, 6.07) is 8.42. The molecule has 1 aromatic carbocycles. The Labute approximate surface area is 132 Å². The van der Waals surface area contributed by atoms with Crippen LogP contribution in [-0.4, -0.2) is 59.8 Å². The van der Waals surface area contributed by atoms with E-state index in [1.165, 1.54) is 16.0 Å². The Morgan fingerprint density at radius 3 is 2.73 bits per heavy atom. The summed E-state index contributed by atoms with van der Waals surface area (Å²) < 4.78 is 0. The number of nitrogens with zero attached hydrogens (tertiary/aromatic N) is 2. The predicted octanol–water partition coefficient (Wildman–Crippen LogP) is 1.46. The van der Waals surface area contributed by atoms with Crippen LogP contribution in [0.5, 0.6) is 0 Å². The van der Waals surface area contributed by atoms with Gasteiger partial charge in [-0.2, -0.15) is 0 Å². The number of nitrogens with one attached hydrogen (secondary N) is 1. The van der Waals surface area contributed by atoms with Crippen LogP contribution in [0, 0.1) is 0 Å². The summed E-state index contributed by atoms with van der Waals surface area (Å²) >= 11 is 0. The van der Waals surface area contributed by atoms with Gasteiger partial charge >= 0.3 is 6.03 Å². The summed E-state index contributed by atoms with van der Waals surface area (Å²) in [5.74, 6) is 0.